The smallest absolute Gasteiger partial charge is 0.257 e. The number of anilines is 1. The van der Waals surface area contributed by atoms with Crippen LogP contribution >= 0.6 is 11.8 Å². The Morgan fingerprint density at radius 1 is 1.07 bits per heavy atom. The molecule has 0 aliphatic carbocycles. The van der Waals surface area contributed by atoms with Crippen LogP contribution in [0.25, 0.3) is 0 Å². The van der Waals surface area contributed by atoms with Gasteiger partial charge in [0.05, 0.1) is 5.56 Å². The number of halogens is 2. The Morgan fingerprint density at radius 3 is 2.64 bits per heavy atom. The van der Waals surface area contributed by atoms with Crippen LogP contribution in [0, 0.1) is 11.6 Å². The molecule has 0 bridgehead atoms. The van der Waals surface area contributed by atoms with Gasteiger partial charge in [-0.3, -0.25) is 9.59 Å². The van der Waals surface area contributed by atoms with Crippen molar-refractivity contribution in [1.82, 2.24) is 9.97 Å². The van der Waals surface area contributed by atoms with Crippen molar-refractivity contribution in [3.05, 3.63) is 87.2 Å². The molecule has 0 unspecified atom stereocenters. The Morgan fingerprint density at radius 2 is 1.86 bits per heavy atom. The molecule has 0 fully saturated rings. The zero-order valence-corrected chi connectivity index (χ0v) is 15.4. The largest absolute Gasteiger partial charge is 0.310 e. The van der Waals surface area contributed by atoms with Crippen LogP contribution in [-0.2, 0) is 10.5 Å². The number of aromatic nitrogens is 2. The van der Waals surface area contributed by atoms with Crippen molar-refractivity contribution >= 4 is 23.5 Å². The predicted molar refractivity (Wildman–Crippen MR) is 102 cm³/mol. The van der Waals surface area contributed by atoms with Crippen LogP contribution in [0.5, 0.6) is 0 Å². The molecule has 3 aromatic rings. The Labute approximate surface area is 163 Å². The first-order chi connectivity index (χ1) is 13.5. The van der Waals surface area contributed by atoms with Gasteiger partial charge < -0.3 is 10.3 Å². The fraction of sp³-hybridized carbons (Fsp3) is 0.150. The van der Waals surface area contributed by atoms with Crippen LogP contribution in [0.4, 0.5) is 14.6 Å². The molecule has 0 saturated carbocycles. The first kappa shape index (κ1) is 18.4. The lowest BCUT2D eigenvalue weighted by Crippen LogP contribution is -2.31. The van der Waals surface area contributed by atoms with E-state index >= 15 is 0 Å². The number of nitrogens with zero attached hydrogens (tertiary/aromatic N) is 1. The van der Waals surface area contributed by atoms with Gasteiger partial charge in [-0.15, -0.1) is 0 Å². The summed E-state index contributed by atoms with van der Waals surface area (Å²) in [7, 11) is 0. The molecular formula is C20H15F2N3O2S. The molecule has 5 nitrogen and oxygen atoms in total. The zero-order valence-electron chi connectivity index (χ0n) is 14.5. The van der Waals surface area contributed by atoms with Gasteiger partial charge in [0.25, 0.3) is 5.56 Å². The molecular weight excluding hydrogens is 384 g/mol. The van der Waals surface area contributed by atoms with Crippen molar-refractivity contribution in [3.8, 4) is 0 Å². The van der Waals surface area contributed by atoms with Gasteiger partial charge in [0.15, 0.2) is 16.8 Å². The number of H-pyrrole nitrogens is 1. The number of thioether (sulfide) groups is 1. The van der Waals surface area contributed by atoms with Gasteiger partial charge in [0.2, 0.25) is 5.91 Å². The Bertz CT molecular complexity index is 1100. The standard InChI is InChI=1S/C20H15F2N3O2S/c21-14-8-4-7-12(17(14)22)13-9-15(26)23-18-16(13)19(27)25-20(24-18)28-10-11-5-2-1-3-6-11/h1-8,13H,9-10H2,(H2,23,24,25,26,27)/t13-/m1/s1. The lowest BCUT2D eigenvalue weighted by Gasteiger charge is -2.24. The van der Waals surface area contributed by atoms with Crippen molar-refractivity contribution in [3.63, 3.8) is 0 Å². The zero-order chi connectivity index (χ0) is 19.7. The average molecular weight is 399 g/mol. The third kappa shape index (κ3) is 3.55. The molecule has 2 N–H and O–H groups in total. The van der Waals surface area contributed by atoms with Gasteiger partial charge in [-0.1, -0.05) is 54.2 Å². The number of carbonyl (C=O) groups excluding carboxylic acids is 1. The highest BCUT2D eigenvalue weighted by molar-refractivity contribution is 7.98. The molecule has 4 rings (SSSR count). The summed E-state index contributed by atoms with van der Waals surface area (Å²) in [6.07, 6.45) is -0.158. The number of aromatic amines is 1. The van der Waals surface area contributed by atoms with Crippen molar-refractivity contribution < 1.29 is 13.6 Å². The number of nitrogens with one attached hydrogen (secondary N) is 2. The van der Waals surface area contributed by atoms with Crippen molar-refractivity contribution in [2.24, 2.45) is 0 Å². The topological polar surface area (TPSA) is 74.8 Å². The maximum absolute atomic E-state index is 14.3. The molecule has 1 aliphatic rings. The molecule has 2 heterocycles. The van der Waals surface area contributed by atoms with Crippen LogP contribution < -0.4 is 10.9 Å². The van der Waals surface area contributed by atoms with Crippen LogP contribution in [-0.4, -0.2) is 15.9 Å². The normalized spacial score (nSPS) is 15.8. The van der Waals surface area contributed by atoms with E-state index in [4.69, 9.17) is 0 Å². The molecule has 1 amide bonds. The van der Waals surface area contributed by atoms with E-state index in [9.17, 15) is 18.4 Å². The number of carbonyl (C=O) groups is 1. The van der Waals surface area contributed by atoms with Gasteiger partial charge >= 0.3 is 0 Å². The average Bonchev–Trinajstić information content (AvgIpc) is 2.68. The Hall–Kier alpha value is -3.00. The van der Waals surface area contributed by atoms with E-state index in [0.717, 1.165) is 11.6 Å². The van der Waals surface area contributed by atoms with Crippen LogP contribution in [0.2, 0.25) is 0 Å². The molecule has 1 aromatic heterocycles. The summed E-state index contributed by atoms with van der Waals surface area (Å²) in [4.78, 5) is 31.8. The number of hydrogen-bond acceptors (Lipinski definition) is 4. The summed E-state index contributed by atoms with van der Waals surface area (Å²) in [6.45, 7) is 0. The quantitative estimate of drug-likeness (QED) is 0.517. The summed E-state index contributed by atoms with van der Waals surface area (Å²) in [5.41, 5.74) is 0.673. The summed E-state index contributed by atoms with van der Waals surface area (Å²) in [6, 6.07) is 13.4. The van der Waals surface area contributed by atoms with Gasteiger partial charge in [-0.2, -0.15) is 0 Å². The lowest BCUT2D eigenvalue weighted by molar-refractivity contribution is -0.116. The SMILES string of the molecule is O=C1C[C@H](c2cccc(F)c2F)c2c(nc(SCc3ccccc3)[nH]c2=O)N1. The van der Waals surface area contributed by atoms with Crippen molar-refractivity contribution in [1.29, 1.82) is 0 Å². The van der Waals surface area contributed by atoms with E-state index in [1.165, 1.54) is 23.9 Å². The summed E-state index contributed by atoms with van der Waals surface area (Å²) < 4.78 is 27.9. The molecule has 1 aliphatic heterocycles. The van der Waals surface area contributed by atoms with Crippen LogP contribution in [0.3, 0.4) is 0 Å². The van der Waals surface area contributed by atoms with Crippen molar-refractivity contribution in [2.45, 2.75) is 23.2 Å². The minimum Gasteiger partial charge on any atom is -0.310 e. The van der Waals surface area contributed by atoms with E-state index in [0.29, 0.717) is 10.9 Å². The van der Waals surface area contributed by atoms with Gasteiger partial charge in [0, 0.05) is 18.1 Å². The molecule has 0 spiro atoms. The van der Waals surface area contributed by atoms with Gasteiger partial charge in [0.1, 0.15) is 5.82 Å². The first-order valence-corrected chi connectivity index (χ1v) is 9.56. The van der Waals surface area contributed by atoms with Crippen LogP contribution in [0.15, 0.2) is 58.5 Å². The fourth-order valence-electron chi connectivity index (χ4n) is 3.20. The summed E-state index contributed by atoms with van der Waals surface area (Å²) >= 11 is 1.31. The van der Waals surface area contributed by atoms with E-state index in [2.05, 4.69) is 15.3 Å². The van der Waals surface area contributed by atoms with E-state index < -0.39 is 29.0 Å². The highest BCUT2D eigenvalue weighted by Crippen LogP contribution is 2.36. The number of hydrogen-bond donors (Lipinski definition) is 2. The summed E-state index contributed by atoms with van der Waals surface area (Å²) in [5.74, 6) is -2.72. The van der Waals surface area contributed by atoms with E-state index in [-0.39, 0.29) is 23.4 Å². The minimum atomic E-state index is -1.06. The van der Waals surface area contributed by atoms with Crippen LogP contribution in [0.1, 0.15) is 29.0 Å². The highest BCUT2D eigenvalue weighted by atomic mass is 32.2. The predicted octanol–water partition coefficient (Wildman–Crippen LogP) is 3.81. The maximum atomic E-state index is 14.3. The Kier molecular flexibility index (Phi) is 4.95. The molecule has 1 atom stereocenters. The minimum absolute atomic E-state index is 0.0342. The second-order valence-electron chi connectivity index (χ2n) is 6.36. The maximum Gasteiger partial charge on any atom is 0.257 e. The number of fused-ring (bicyclic) bond motifs is 1. The molecule has 0 saturated heterocycles. The second-order valence-corrected chi connectivity index (χ2v) is 7.32. The highest BCUT2D eigenvalue weighted by Gasteiger charge is 2.33. The van der Waals surface area contributed by atoms with E-state index in [1.54, 1.807) is 0 Å². The number of benzene rings is 2. The lowest BCUT2D eigenvalue weighted by atomic mass is 9.86. The Balaban J connectivity index is 1.70. The third-order valence-electron chi connectivity index (χ3n) is 4.50. The monoisotopic (exact) mass is 399 g/mol. The summed E-state index contributed by atoms with van der Waals surface area (Å²) in [5, 5.41) is 2.91. The second kappa shape index (κ2) is 7.55. The molecule has 28 heavy (non-hydrogen) atoms. The first-order valence-electron chi connectivity index (χ1n) is 8.57. The molecule has 2 aromatic carbocycles. The third-order valence-corrected chi connectivity index (χ3v) is 5.45. The molecule has 8 heteroatoms. The van der Waals surface area contributed by atoms with Gasteiger partial charge in [-0.25, -0.2) is 13.8 Å². The number of rotatable bonds is 4. The van der Waals surface area contributed by atoms with E-state index in [1.807, 2.05) is 30.3 Å². The molecule has 142 valence electrons. The van der Waals surface area contributed by atoms with Gasteiger partial charge in [-0.05, 0) is 17.2 Å². The molecule has 0 radical (unpaired) electrons. The van der Waals surface area contributed by atoms with Crippen molar-refractivity contribution in [2.75, 3.05) is 5.32 Å². The number of amides is 1. The fourth-order valence-corrected chi connectivity index (χ4v) is 4.02.